The highest BCUT2D eigenvalue weighted by Gasteiger charge is 2.20. The Bertz CT molecular complexity index is 1630. The van der Waals surface area contributed by atoms with E-state index in [-0.39, 0.29) is 11.6 Å². The third kappa shape index (κ3) is 8.97. The number of amides is 3. The maximum absolute atomic E-state index is 13.4. The van der Waals surface area contributed by atoms with Crippen LogP contribution in [0.1, 0.15) is 29.3 Å². The van der Waals surface area contributed by atoms with Crippen molar-refractivity contribution in [3.05, 3.63) is 128 Å². The molecule has 0 spiro atoms. The van der Waals surface area contributed by atoms with Gasteiger partial charge >= 0.3 is 0 Å². The lowest BCUT2D eigenvalue weighted by atomic mass is 10.1. The molecular formula is C32H26BrCl2N3O3S. The van der Waals surface area contributed by atoms with Crippen molar-refractivity contribution in [3.8, 4) is 0 Å². The van der Waals surface area contributed by atoms with Crippen LogP contribution in [0.5, 0.6) is 0 Å². The van der Waals surface area contributed by atoms with E-state index in [0.717, 1.165) is 14.9 Å². The average Bonchev–Trinajstić information content (AvgIpc) is 2.97. The SMILES string of the molecule is CCC(Sc1cccc(NC(=O)/C(=C\c2cccc(Br)c2)NC(=O)c2ccccc2)c1)C(=O)Nc1ccc(Cl)cc1Cl. The van der Waals surface area contributed by atoms with E-state index in [1.165, 1.54) is 11.8 Å². The summed E-state index contributed by atoms with van der Waals surface area (Å²) in [5.74, 6) is -1.11. The fraction of sp³-hybridized carbons (Fsp3) is 0.0938. The van der Waals surface area contributed by atoms with Crippen molar-refractivity contribution in [2.45, 2.75) is 23.5 Å². The van der Waals surface area contributed by atoms with Crippen LogP contribution in [0, 0.1) is 0 Å². The van der Waals surface area contributed by atoms with E-state index in [1.807, 2.05) is 43.3 Å². The summed E-state index contributed by atoms with van der Waals surface area (Å²) < 4.78 is 0.836. The molecule has 4 aromatic carbocycles. The molecule has 1 atom stereocenters. The van der Waals surface area contributed by atoms with E-state index in [0.29, 0.717) is 33.4 Å². The number of carbonyl (C=O) groups is 3. The third-order valence-electron chi connectivity index (χ3n) is 5.91. The molecule has 0 saturated carbocycles. The minimum atomic E-state index is -0.497. The first kappa shape index (κ1) is 31.4. The Balaban J connectivity index is 1.50. The number of thioether (sulfide) groups is 1. The van der Waals surface area contributed by atoms with Gasteiger partial charge in [0, 0.05) is 25.6 Å². The molecule has 6 nitrogen and oxygen atoms in total. The van der Waals surface area contributed by atoms with Gasteiger partial charge in [-0.1, -0.05) is 82.5 Å². The van der Waals surface area contributed by atoms with Crippen molar-refractivity contribution in [3.63, 3.8) is 0 Å². The number of carbonyl (C=O) groups excluding carboxylic acids is 3. The van der Waals surface area contributed by atoms with Crippen LogP contribution in [0.25, 0.3) is 6.08 Å². The molecule has 0 aliphatic heterocycles. The molecule has 3 N–H and O–H groups in total. The van der Waals surface area contributed by atoms with Gasteiger partial charge in [0.2, 0.25) is 5.91 Å². The van der Waals surface area contributed by atoms with Crippen LogP contribution >= 0.6 is 50.9 Å². The fourth-order valence-corrected chi connectivity index (χ4v) is 5.73. The first-order valence-corrected chi connectivity index (χ1v) is 15.3. The summed E-state index contributed by atoms with van der Waals surface area (Å²) in [5, 5.41) is 8.88. The van der Waals surface area contributed by atoms with E-state index in [4.69, 9.17) is 23.2 Å². The van der Waals surface area contributed by atoms with Crippen molar-refractivity contribution in [1.82, 2.24) is 5.32 Å². The quantitative estimate of drug-likeness (QED) is 0.115. The van der Waals surface area contributed by atoms with Crippen LogP contribution in [-0.2, 0) is 9.59 Å². The maximum atomic E-state index is 13.4. The van der Waals surface area contributed by atoms with Crippen molar-refractivity contribution in [2.24, 2.45) is 0 Å². The number of hydrogen-bond donors (Lipinski definition) is 3. The van der Waals surface area contributed by atoms with Gasteiger partial charge in [0.15, 0.2) is 0 Å². The normalized spacial score (nSPS) is 11.9. The van der Waals surface area contributed by atoms with E-state index in [2.05, 4.69) is 31.9 Å². The highest BCUT2D eigenvalue weighted by molar-refractivity contribution is 9.10. The van der Waals surface area contributed by atoms with E-state index in [9.17, 15) is 14.4 Å². The summed E-state index contributed by atoms with van der Waals surface area (Å²) in [6.07, 6.45) is 2.17. The fourth-order valence-electron chi connectivity index (χ4n) is 3.84. The van der Waals surface area contributed by atoms with Crippen LogP contribution in [0.15, 0.2) is 112 Å². The Morgan fingerprint density at radius 1 is 0.881 bits per heavy atom. The number of halogens is 3. The zero-order valence-corrected chi connectivity index (χ0v) is 26.3. The van der Waals surface area contributed by atoms with Gasteiger partial charge in [-0.05, 0) is 78.7 Å². The summed E-state index contributed by atoms with van der Waals surface area (Å²) in [7, 11) is 0. The van der Waals surface area contributed by atoms with Crippen LogP contribution in [0.3, 0.4) is 0 Å². The van der Waals surface area contributed by atoms with E-state index >= 15 is 0 Å². The Kier molecular flexibility index (Phi) is 11.3. The topological polar surface area (TPSA) is 87.3 Å². The molecule has 4 rings (SSSR count). The molecule has 214 valence electrons. The number of rotatable bonds is 10. The Hall–Kier alpha value is -3.56. The lowest BCUT2D eigenvalue weighted by Gasteiger charge is -2.16. The summed E-state index contributed by atoms with van der Waals surface area (Å²) in [6.45, 7) is 1.92. The molecule has 0 heterocycles. The highest BCUT2D eigenvalue weighted by atomic mass is 79.9. The second-order valence-corrected chi connectivity index (χ2v) is 12.1. The molecule has 0 saturated heterocycles. The smallest absolute Gasteiger partial charge is 0.272 e. The Morgan fingerprint density at radius 2 is 1.64 bits per heavy atom. The maximum Gasteiger partial charge on any atom is 0.272 e. The molecule has 3 amide bonds. The van der Waals surface area contributed by atoms with Gasteiger partial charge in [-0.3, -0.25) is 14.4 Å². The first-order valence-electron chi connectivity index (χ1n) is 12.9. The predicted octanol–water partition coefficient (Wildman–Crippen LogP) is 8.67. The molecule has 0 aliphatic rings. The average molecular weight is 683 g/mol. The first-order chi connectivity index (χ1) is 20.2. The molecule has 0 radical (unpaired) electrons. The molecule has 0 aliphatic carbocycles. The second kappa shape index (κ2) is 15.1. The third-order valence-corrected chi connectivity index (χ3v) is 8.31. The van der Waals surface area contributed by atoms with Crippen molar-refractivity contribution in [2.75, 3.05) is 10.6 Å². The standard InChI is InChI=1S/C32H26BrCl2N3O3S/c1-2-29(32(41)37-27-15-14-23(34)18-26(27)35)42-25-13-7-12-24(19-25)36-31(40)28(17-20-8-6-11-22(33)16-20)38-30(39)21-9-4-3-5-10-21/h3-19,29H,2H2,1H3,(H,36,40)(H,37,41)(H,38,39)/b28-17+. The van der Waals surface area contributed by atoms with Crippen LogP contribution in [0.4, 0.5) is 11.4 Å². The van der Waals surface area contributed by atoms with Crippen molar-refractivity contribution >= 4 is 86.1 Å². The summed E-state index contributed by atoms with van der Waals surface area (Å²) in [4.78, 5) is 40.1. The molecule has 1 unspecified atom stereocenters. The lowest BCUT2D eigenvalue weighted by molar-refractivity contribution is -0.116. The minimum Gasteiger partial charge on any atom is -0.324 e. The van der Waals surface area contributed by atoms with Gasteiger partial charge in [-0.15, -0.1) is 11.8 Å². The van der Waals surface area contributed by atoms with E-state index in [1.54, 1.807) is 66.7 Å². The summed E-state index contributed by atoms with van der Waals surface area (Å²) in [5.41, 5.74) is 2.21. The summed E-state index contributed by atoms with van der Waals surface area (Å²) >= 11 is 17.0. The molecule has 0 aromatic heterocycles. The molecule has 4 aromatic rings. The summed E-state index contributed by atoms with van der Waals surface area (Å²) in [6, 6.07) is 28.1. The van der Waals surface area contributed by atoms with Gasteiger partial charge in [0.05, 0.1) is 16.0 Å². The van der Waals surface area contributed by atoms with Gasteiger partial charge in [0.1, 0.15) is 5.70 Å². The molecular weight excluding hydrogens is 657 g/mol. The Morgan fingerprint density at radius 3 is 2.36 bits per heavy atom. The largest absolute Gasteiger partial charge is 0.324 e. The number of nitrogens with one attached hydrogen (secondary N) is 3. The second-order valence-electron chi connectivity index (χ2n) is 9.04. The number of benzene rings is 4. The van der Waals surface area contributed by atoms with Crippen LogP contribution in [0.2, 0.25) is 10.0 Å². The number of anilines is 2. The molecule has 10 heteroatoms. The minimum absolute atomic E-state index is 0.0747. The van der Waals surface area contributed by atoms with E-state index < -0.39 is 17.1 Å². The zero-order valence-electron chi connectivity index (χ0n) is 22.4. The monoisotopic (exact) mass is 681 g/mol. The van der Waals surface area contributed by atoms with Gasteiger partial charge in [0.25, 0.3) is 11.8 Å². The molecule has 0 bridgehead atoms. The van der Waals surface area contributed by atoms with Gasteiger partial charge in [-0.2, -0.15) is 0 Å². The molecule has 0 fully saturated rings. The zero-order chi connectivity index (χ0) is 30.1. The van der Waals surface area contributed by atoms with Crippen molar-refractivity contribution in [1.29, 1.82) is 0 Å². The predicted molar refractivity (Wildman–Crippen MR) is 176 cm³/mol. The van der Waals surface area contributed by atoms with Gasteiger partial charge in [-0.25, -0.2) is 0 Å². The van der Waals surface area contributed by atoms with Gasteiger partial charge < -0.3 is 16.0 Å². The number of hydrogen-bond acceptors (Lipinski definition) is 4. The molecule has 42 heavy (non-hydrogen) atoms. The van der Waals surface area contributed by atoms with Crippen LogP contribution < -0.4 is 16.0 Å². The Labute approximate surface area is 267 Å². The van der Waals surface area contributed by atoms with Crippen molar-refractivity contribution < 1.29 is 14.4 Å². The van der Waals surface area contributed by atoms with Crippen LogP contribution in [-0.4, -0.2) is 23.0 Å². The highest BCUT2D eigenvalue weighted by Crippen LogP contribution is 2.31. The lowest BCUT2D eigenvalue weighted by Crippen LogP contribution is -2.30.